The van der Waals surface area contributed by atoms with Crippen LogP contribution in [0.4, 0.5) is 0 Å². The number of furan rings is 1. The minimum absolute atomic E-state index is 0.112. The van der Waals surface area contributed by atoms with Crippen LogP contribution in [-0.2, 0) is 11.3 Å². The lowest BCUT2D eigenvalue weighted by Gasteiger charge is -2.16. The Morgan fingerprint density at radius 1 is 1.18 bits per heavy atom. The van der Waals surface area contributed by atoms with Crippen molar-refractivity contribution in [2.45, 2.75) is 31.0 Å². The maximum atomic E-state index is 13.2. The minimum atomic E-state index is -0.203. The molecule has 4 rings (SSSR count). The van der Waals surface area contributed by atoms with Crippen LogP contribution in [0.1, 0.15) is 30.6 Å². The van der Waals surface area contributed by atoms with Gasteiger partial charge in [-0.05, 0) is 42.3 Å². The van der Waals surface area contributed by atoms with Crippen molar-refractivity contribution in [3.8, 4) is 0 Å². The second-order valence-corrected chi connectivity index (χ2v) is 9.01. The van der Waals surface area contributed by atoms with E-state index >= 15 is 0 Å². The Bertz CT molecular complexity index is 1290. The highest BCUT2D eigenvalue weighted by atomic mass is 35.5. The summed E-state index contributed by atoms with van der Waals surface area (Å²) in [7, 11) is 0. The first-order valence-corrected chi connectivity index (χ1v) is 12.1. The Labute approximate surface area is 201 Å². The average Bonchev–Trinajstić information content (AvgIpc) is 3.34. The number of amides is 1. The third-order valence-corrected chi connectivity index (χ3v) is 6.63. The van der Waals surface area contributed by atoms with Crippen molar-refractivity contribution in [3.63, 3.8) is 0 Å². The molecule has 0 aliphatic heterocycles. The number of halogens is 1. The molecule has 0 saturated heterocycles. The fraction of sp³-hybridized carbons (Fsp3) is 0.240. The first-order chi connectivity index (χ1) is 16.0. The summed E-state index contributed by atoms with van der Waals surface area (Å²) >= 11 is 7.33. The molecule has 0 radical (unpaired) electrons. The number of hydrogen-bond acceptors (Lipinski definition) is 5. The van der Waals surface area contributed by atoms with Gasteiger partial charge in [0.05, 0.1) is 29.5 Å². The van der Waals surface area contributed by atoms with Gasteiger partial charge < -0.3 is 9.73 Å². The maximum Gasteiger partial charge on any atom is 0.262 e. The molecular weight excluding hydrogens is 458 g/mol. The van der Waals surface area contributed by atoms with Crippen molar-refractivity contribution in [1.29, 1.82) is 0 Å². The molecule has 1 N–H and O–H groups in total. The lowest BCUT2D eigenvalue weighted by atomic mass is 9.96. The first kappa shape index (κ1) is 23.1. The van der Waals surface area contributed by atoms with Crippen molar-refractivity contribution < 1.29 is 9.21 Å². The standard InChI is InChI=1S/C25H24ClN3O3S/c1-2-17(18-7-4-3-5-8-18)14-27-23(30)16-33-25-28-22-13-19(26)10-11-21(22)24(31)29(25)15-20-9-6-12-32-20/h3-13,17H,2,14-16H2,1H3,(H,27,30). The minimum Gasteiger partial charge on any atom is -0.467 e. The van der Waals surface area contributed by atoms with Crippen LogP contribution in [0.25, 0.3) is 10.9 Å². The number of nitrogens with one attached hydrogen (secondary N) is 1. The molecule has 0 bridgehead atoms. The Morgan fingerprint density at radius 2 is 2.00 bits per heavy atom. The lowest BCUT2D eigenvalue weighted by molar-refractivity contribution is -0.118. The molecule has 0 fully saturated rings. The molecule has 0 spiro atoms. The number of hydrogen-bond donors (Lipinski definition) is 1. The number of thioether (sulfide) groups is 1. The molecule has 2 heterocycles. The topological polar surface area (TPSA) is 77.1 Å². The molecule has 1 amide bonds. The molecule has 0 saturated carbocycles. The van der Waals surface area contributed by atoms with E-state index in [0.717, 1.165) is 6.42 Å². The largest absolute Gasteiger partial charge is 0.467 e. The van der Waals surface area contributed by atoms with E-state index in [0.29, 0.717) is 33.4 Å². The Morgan fingerprint density at radius 3 is 2.73 bits per heavy atom. The zero-order chi connectivity index (χ0) is 23.2. The second kappa shape index (κ2) is 10.7. The van der Waals surface area contributed by atoms with Gasteiger partial charge in [0.15, 0.2) is 5.16 Å². The highest BCUT2D eigenvalue weighted by molar-refractivity contribution is 7.99. The van der Waals surface area contributed by atoms with Crippen molar-refractivity contribution >= 4 is 40.2 Å². The van der Waals surface area contributed by atoms with Gasteiger partial charge >= 0.3 is 0 Å². The molecule has 33 heavy (non-hydrogen) atoms. The fourth-order valence-electron chi connectivity index (χ4n) is 3.62. The van der Waals surface area contributed by atoms with E-state index in [2.05, 4.69) is 29.4 Å². The molecule has 0 aliphatic rings. The second-order valence-electron chi connectivity index (χ2n) is 7.64. The third kappa shape index (κ3) is 5.67. The van der Waals surface area contributed by atoms with Crippen molar-refractivity contribution in [3.05, 3.63) is 93.6 Å². The highest BCUT2D eigenvalue weighted by Gasteiger charge is 2.16. The van der Waals surface area contributed by atoms with Crippen LogP contribution in [0.5, 0.6) is 0 Å². The predicted octanol–water partition coefficient (Wildman–Crippen LogP) is 5.09. The molecule has 1 unspecified atom stereocenters. The van der Waals surface area contributed by atoms with E-state index < -0.39 is 0 Å². The number of benzene rings is 2. The van der Waals surface area contributed by atoms with Crippen LogP contribution in [0.2, 0.25) is 5.02 Å². The van der Waals surface area contributed by atoms with Crippen LogP contribution in [0, 0.1) is 0 Å². The van der Waals surface area contributed by atoms with Crippen LogP contribution >= 0.6 is 23.4 Å². The summed E-state index contributed by atoms with van der Waals surface area (Å²) in [6.07, 6.45) is 2.49. The number of nitrogens with zero attached hydrogens (tertiary/aromatic N) is 2. The van der Waals surface area contributed by atoms with Gasteiger partial charge in [0.25, 0.3) is 5.56 Å². The number of fused-ring (bicyclic) bond motifs is 1. The van der Waals surface area contributed by atoms with Gasteiger partial charge in [-0.15, -0.1) is 0 Å². The first-order valence-electron chi connectivity index (χ1n) is 10.7. The molecule has 6 nitrogen and oxygen atoms in total. The zero-order valence-electron chi connectivity index (χ0n) is 18.2. The van der Waals surface area contributed by atoms with Gasteiger partial charge in [0, 0.05) is 17.5 Å². The summed E-state index contributed by atoms with van der Waals surface area (Å²) in [6.45, 7) is 2.89. The smallest absolute Gasteiger partial charge is 0.262 e. The van der Waals surface area contributed by atoms with Gasteiger partial charge in [-0.1, -0.05) is 60.6 Å². The molecule has 2 aromatic carbocycles. The molecule has 170 valence electrons. The predicted molar refractivity (Wildman–Crippen MR) is 132 cm³/mol. The molecule has 4 aromatic rings. The molecule has 8 heteroatoms. The van der Waals surface area contributed by atoms with E-state index in [4.69, 9.17) is 16.0 Å². The van der Waals surface area contributed by atoms with Crippen molar-refractivity contribution in [2.24, 2.45) is 0 Å². The Balaban J connectivity index is 1.51. The lowest BCUT2D eigenvalue weighted by Crippen LogP contribution is -2.30. The van der Waals surface area contributed by atoms with Crippen LogP contribution in [0.15, 0.2) is 81.3 Å². The average molecular weight is 482 g/mol. The van der Waals surface area contributed by atoms with Gasteiger partial charge in [0.2, 0.25) is 5.91 Å². The van der Waals surface area contributed by atoms with Crippen LogP contribution in [-0.4, -0.2) is 27.8 Å². The summed E-state index contributed by atoms with van der Waals surface area (Å²) in [5, 5.41) is 4.42. The Kier molecular flexibility index (Phi) is 7.52. The monoisotopic (exact) mass is 481 g/mol. The Hall–Kier alpha value is -3.03. The maximum absolute atomic E-state index is 13.2. The van der Waals surface area contributed by atoms with E-state index in [-0.39, 0.29) is 29.7 Å². The number of carbonyl (C=O) groups is 1. The van der Waals surface area contributed by atoms with Gasteiger partial charge in [-0.3, -0.25) is 14.2 Å². The quantitative estimate of drug-likeness (QED) is 0.266. The number of aromatic nitrogens is 2. The van der Waals surface area contributed by atoms with Gasteiger partial charge in [0.1, 0.15) is 5.76 Å². The SMILES string of the molecule is CCC(CNC(=O)CSc1nc2cc(Cl)ccc2c(=O)n1Cc1ccco1)c1ccccc1. The van der Waals surface area contributed by atoms with Crippen molar-refractivity contribution in [2.75, 3.05) is 12.3 Å². The van der Waals surface area contributed by atoms with Gasteiger partial charge in [-0.2, -0.15) is 0 Å². The zero-order valence-corrected chi connectivity index (χ0v) is 19.7. The summed E-state index contributed by atoms with van der Waals surface area (Å²) in [4.78, 5) is 30.4. The van der Waals surface area contributed by atoms with E-state index in [1.807, 2.05) is 18.2 Å². The summed E-state index contributed by atoms with van der Waals surface area (Å²) in [5.41, 5.74) is 1.50. The fourth-order valence-corrected chi connectivity index (χ4v) is 4.62. The summed E-state index contributed by atoms with van der Waals surface area (Å²) < 4.78 is 6.96. The van der Waals surface area contributed by atoms with E-state index in [9.17, 15) is 9.59 Å². The van der Waals surface area contributed by atoms with Crippen molar-refractivity contribution in [1.82, 2.24) is 14.9 Å². The summed E-state index contributed by atoms with van der Waals surface area (Å²) in [6, 6.07) is 18.7. The van der Waals surface area contributed by atoms with E-state index in [1.165, 1.54) is 21.9 Å². The molecule has 2 aromatic heterocycles. The molecular formula is C25H24ClN3O3S. The highest BCUT2D eigenvalue weighted by Crippen LogP contribution is 2.22. The molecule has 1 atom stereocenters. The number of carbonyl (C=O) groups excluding carboxylic acids is 1. The van der Waals surface area contributed by atoms with E-state index in [1.54, 1.807) is 36.6 Å². The summed E-state index contributed by atoms with van der Waals surface area (Å²) in [5.74, 6) is 0.909. The molecule has 0 aliphatic carbocycles. The van der Waals surface area contributed by atoms with Crippen LogP contribution < -0.4 is 10.9 Å². The third-order valence-electron chi connectivity index (χ3n) is 5.42. The number of rotatable bonds is 9. The normalized spacial score (nSPS) is 12.1. The van der Waals surface area contributed by atoms with Crippen LogP contribution in [0.3, 0.4) is 0 Å². The van der Waals surface area contributed by atoms with Gasteiger partial charge in [-0.25, -0.2) is 4.98 Å².